The van der Waals surface area contributed by atoms with Crippen molar-refractivity contribution >= 4 is 17.3 Å². The molecule has 3 atom stereocenters. The second kappa shape index (κ2) is 8.88. The number of carbonyl (C=O) groups excluding carboxylic acids is 1. The fourth-order valence-electron chi connectivity index (χ4n) is 3.87. The lowest BCUT2D eigenvalue weighted by molar-refractivity contribution is -0.281. The number of hydrogen-bond donors (Lipinski definition) is 1. The van der Waals surface area contributed by atoms with E-state index >= 15 is 0 Å². The van der Waals surface area contributed by atoms with Crippen molar-refractivity contribution in [2.24, 2.45) is 5.92 Å². The minimum absolute atomic E-state index is 0.0404. The van der Waals surface area contributed by atoms with Crippen molar-refractivity contribution in [3.05, 3.63) is 59.7 Å². The first-order chi connectivity index (χ1) is 14.6. The van der Waals surface area contributed by atoms with Crippen LogP contribution in [0.1, 0.15) is 24.5 Å². The van der Waals surface area contributed by atoms with Gasteiger partial charge < -0.3 is 19.5 Å². The molecule has 1 fully saturated rings. The first-order valence-corrected chi connectivity index (χ1v) is 10.1. The Morgan fingerprint density at radius 1 is 1.13 bits per heavy atom. The van der Waals surface area contributed by atoms with Crippen molar-refractivity contribution in [1.82, 2.24) is 0 Å². The summed E-state index contributed by atoms with van der Waals surface area (Å²) in [5, 5.41) is 10.8. The fraction of sp³-hybridized carbons (Fsp3) is 0.435. The predicted molar refractivity (Wildman–Crippen MR) is 110 cm³/mol. The number of alkyl halides is 3. The van der Waals surface area contributed by atoms with Gasteiger partial charge in [0.25, 0.3) is 5.60 Å². The molecule has 0 aromatic heterocycles. The zero-order chi connectivity index (χ0) is 22.8. The standard InChI is InChI=1S/C23H26F3NO4/c1-4-30-21(28)22(29,23(24,25)26)19-12-13-31-20(19)27(17-8-6-5-7-9-17)18-11-10-15(2)16(3)14-18/h5-11,14,19-20,29H,4,12-13H2,1-3H3/t19-,20-,22+/m1/s1. The zero-order valence-electron chi connectivity index (χ0n) is 17.6. The van der Waals surface area contributed by atoms with E-state index < -0.39 is 29.9 Å². The molecule has 3 rings (SSSR count). The minimum atomic E-state index is -5.23. The highest BCUT2D eigenvalue weighted by Crippen LogP contribution is 2.46. The van der Waals surface area contributed by atoms with Gasteiger partial charge in [0, 0.05) is 18.0 Å². The van der Waals surface area contributed by atoms with Gasteiger partial charge in [0.05, 0.1) is 12.5 Å². The van der Waals surface area contributed by atoms with Crippen LogP contribution in [0.3, 0.4) is 0 Å². The number of ether oxygens (including phenoxy) is 2. The zero-order valence-corrected chi connectivity index (χ0v) is 17.6. The molecular formula is C23H26F3NO4. The van der Waals surface area contributed by atoms with Crippen molar-refractivity contribution < 1.29 is 32.5 Å². The maximum atomic E-state index is 14.1. The molecule has 1 heterocycles. The number of hydrogen-bond acceptors (Lipinski definition) is 5. The highest BCUT2D eigenvalue weighted by atomic mass is 19.4. The van der Waals surface area contributed by atoms with Crippen molar-refractivity contribution in [2.45, 2.75) is 45.2 Å². The molecule has 0 saturated carbocycles. The third-order valence-corrected chi connectivity index (χ3v) is 5.67. The SMILES string of the molecule is CCOC(=O)[C@@](O)([C@@H]1CCO[C@H]1N(c1ccccc1)c1ccc(C)c(C)c1)C(F)(F)F. The van der Waals surface area contributed by atoms with Crippen LogP contribution in [-0.2, 0) is 14.3 Å². The molecule has 0 radical (unpaired) electrons. The van der Waals surface area contributed by atoms with Gasteiger partial charge in [-0.25, -0.2) is 4.79 Å². The number of para-hydroxylation sites is 1. The molecule has 1 aliphatic heterocycles. The molecule has 2 aromatic carbocycles. The van der Waals surface area contributed by atoms with Gasteiger partial charge in [-0.3, -0.25) is 0 Å². The number of esters is 1. The van der Waals surface area contributed by atoms with Crippen LogP contribution in [0.4, 0.5) is 24.5 Å². The summed E-state index contributed by atoms with van der Waals surface area (Å²) in [6, 6.07) is 14.3. The van der Waals surface area contributed by atoms with Gasteiger partial charge in [-0.2, -0.15) is 13.2 Å². The van der Waals surface area contributed by atoms with Gasteiger partial charge in [-0.15, -0.1) is 0 Å². The van der Waals surface area contributed by atoms with E-state index in [-0.39, 0.29) is 19.6 Å². The van der Waals surface area contributed by atoms with E-state index in [0.29, 0.717) is 11.4 Å². The monoisotopic (exact) mass is 437 g/mol. The molecule has 1 saturated heterocycles. The van der Waals surface area contributed by atoms with Crippen molar-refractivity contribution in [3.8, 4) is 0 Å². The topological polar surface area (TPSA) is 59.0 Å². The number of aryl methyl sites for hydroxylation is 2. The van der Waals surface area contributed by atoms with Crippen molar-refractivity contribution in [1.29, 1.82) is 0 Å². The molecule has 31 heavy (non-hydrogen) atoms. The first-order valence-electron chi connectivity index (χ1n) is 10.1. The predicted octanol–water partition coefficient (Wildman–Crippen LogP) is 4.66. The Kier molecular flexibility index (Phi) is 6.62. The van der Waals surface area contributed by atoms with E-state index in [0.717, 1.165) is 11.1 Å². The van der Waals surface area contributed by atoms with Gasteiger partial charge in [0.15, 0.2) is 0 Å². The molecule has 1 aliphatic rings. The molecule has 0 amide bonds. The highest BCUT2D eigenvalue weighted by molar-refractivity contribution is 5.81. The van der Waals surface area contributed by atoms with Gasteiger partial charge >= 0.3 is 12.1 Å². The summed E-state index contributed by atoms with van der Waals surface area (Å²) in [5.41, 5.74) is -0.546. The van der Waals surface area contributed by atoms with Crippen LogP contribution in [0.25, 0.3) is 0 Å². The molecule has 8 heteroatoms. The highest BCUT2D eigenvalue weighted by Gasteiger charge is 2.68. The van der Waals surface area contributed by atoms with Crippen molar-refractivity contribution in [3.63, 3.8) is 0 Å². The van der Waals surface area contributed by atoms with E-state index in [1.165, 1.54) is 6.92 Å². The molecule has 5 nitrogen and oxygen atoms in total. The van der Waals surface area contributed by atoms with E-state index in [4.69, 9.17) is 4.74 Å². The smallest absolute Gasteiger partial charge is 0.428 e. The Morgan fingerprint density at radius 2 is 1.81 bits per heavy atom. The molecule has 1 N–H and O–H groups in total. The summed E-state index contributed by atoms with van der Waals surface area (Å²) in [7, 11) is 0. The fourth-order valence-corrected chi connectivity index (χ4v) is 3.87. The number of anilines is 2. The Morgan fingerprint density at radius 3 is 2.39 bits per heavy atom. The summed E-state index contributed by atoms with van der Waals surface area (Å²) in [4.78, 5) is 14.0. The lowest BCUT2D eigenvalue weighted by Crippen LogP contribution is -2.62. The lowest BCUT2D eigenvalue weighted by Gasteiger charge is -2.40. The molecule has 0 spiro atoms. The molecule has 2 aromatic rings. The lowest BCUT2D eigenvalue weighted by atomic mass is 9.83. The van der Waals surface area contributed by atoms with E-state index in [9.17, 15) is 23.1 Å². The third-order valence-electron chi connectivity index (χ3n) is 5.67. The summed E-state index contributed by atoms with van der Waals surface area (Å²) in [6.45, 7) is 4.91. The van der Waals surface area contributed by atoms with E-state index in [1.807, 2.05) is 26.0 Å². The average molecular weight is 437 g/mol. The van der Waals surface area contributed by atoms with Gasteiger partial charge in [0.2, 0.25) is 0 Å². The Labute approximate surface area is 179 Å². The van der Waals surface area contributed by atoms with Gasteiger partial charge in [-0.1, -0.05) is 24.3 Å². The summed E-state index contributed by atoms with van der Waals surface area (Å²) >= 11 is 0. The number of halogens is 3. The van der Waals surface area contributed by atoms with Crippen LogP contribution in [0.15, 0.2) is 48.5 Å². The maximum Gasteiger partial charge on any atom is 0.428 e. The maximum absolute atomic E-state index is 14.1. The van der Waals surface area contributed by atoms with Gasteiger partial charge in [0.1, 0.15) is 6.23 Å². The Hall–Kier alpha value is -2.58. The summed E-state index contributed by atoms with van der Waals surface area (Å²) < 4.78 is 52.6. The van der Waals surface area contributed by atoms with Crippen LogP contribution < -0.4 is 4.90 Å². The largest absolute Gasteiger partial charge is 0.464 e. The summed E-state index contributed by atoms with van der Waals surface area (Å²) in [5.74, 6) is -3.30. The Balaban J connectivity index is 2.13. The second-order valence-corrected chi connectivity index (χ2v) is 7.62. The molecule has 168 valence electrons. The van der Waals surface area contributed by atoms with Crippen LogP contribution in [0.5, 0.6) is 0 Å². The average Bonchev–Trinajstić information content (AvgIpc) is 3.20. The normalized spacial score (nSPS) is 20.9. The quantitative estimate of drug-likeness (QED) is 0.666. The second-order valence-electron chi connectivity index (χ2n) is 7.62. The number of aliphatic hydroxyl groups is 1. The van der Waals surface area contributed by atoms with Crippen molar-refractivity contribution in [2.75, 3.05) is 18.1 Å². The first kappa shape index (κ1) is 23.1. The number of nitrogens with zero attached hydrogens (tertiary/aromatic N) is 1. The minimum Gasteiger partial charge on any atom is -0.464 e. The van der Waals surface area contributed by atoms with Gasteiger partial charge in [-0.05, 0) is 62.6 Å². The Bertz CT molecular complexity index is 919. The van der Waals surface area contributed by atoms with Crippen LogP contribution >= 0.6 is 0 Å². The number of carbonyl (C=O) groups is 1. The van der Waals surface area contributed by atoms with Crippen LogP contribution in [0, 0.1) is 19.8 Å². The number of rotatable bonds is 6. The van der Waals surface area contributed by atoms with Crippen LogP contribution in [-0.4, -0.2) is 42.3 Å². The summed E-state index contributed by atoms with van der Waals surface area (Å²) in [6.07, 6.45) is -6.63. The van der Waals surface area contributed by atoms with Crippen LogP contribution in [0.2, 0.25) is 0 Å². The molecule has 0 aliphatic carbocycles. The van der Waals surface area contributed by atoms with E-state index in [1.54, 1.807) is 41.3 Å². The molecule has 0 bridgehead atoms. The number of benzene rings is 2. The molecular weight excluding hydrogens is 411 g/mol. The molecule has 0 unspecified atom stereocenters. The van der Waals surface area contributed by atoms with E-state index in [2.05, 4.69) is 4.74 Å². The third kappa shape index (κ3) is 4.27.